The van der Waals surface area contributed by atoms with Crippen LogP contribution in [0.5, 0.6) is 0 Å². The molecule has 3 nitrogen and oxygen atoms in total. The molecule has 0 saturated heterocycles. The Morgan fingerprint density at radius 3 is 2.58 bits per heavy atom. The van der Waals surface area contributed by atoms with Crippen LogP contribution < -0.4 is 0 Å². The van der Waals surface area contributed by atoms with E-state index >= 15 is 0 Å². The van der Waals surface area contributed by atoms with E-state index < -0.39 is 11.8 Å². The third kappa shape index (κ3) is 3.85. The molecule has 0 aliphatic rings. The lowest BCUT2D eigenvalue weighted by molar-refractivity contribution is -0.139. The zero-order valence-corrected chi connectivity index (χ0v) is 7.43. The van der Waals surface area contributed by atoms with Crippen LogP contribution in [-0.4, -0.2) is 19.3 Å². The minimum atomic E-state index is -0.493. The summed E-state index contributed by atoms with van der Waals surface area (Å²) >= 11 is 0. The van der Waals surface area contributed by atoms with Crippen LogP contribution in [0.4, 0.5) is 4.39 Å². The third-order valence-corrected chi connectivity index (χ3v) is 1.22. The van der Waals surface area contributed by atoms with Gasteiger partial charge in [-0.1, -0.05) is 0 Å². The minimum absolute atomic E-state index is 0.115. The van der Waals surface area contributed by atoms with E-state index in [0.29, 0.717) is 0 Å². The van der Waals surface area contributed by atoms with Gasteiger partial charge in [0.1, 0.15) is 5.83 Å². The molecule has 0 saturated carbocycles. The largest absolute Gasteiger partial charge is 0.469 e. The van der Waals surface area contributed by atoms with Gasteiger partial charge in [0.05, 0.1) is 19.2 Å². The molecule has 0 aliphatic carbocycles. The molecule has 0 aromatic heterocycles. The van der Waals surface area contributed by atoms with Gasteiger partial charge in [0.15, 0.2) is 0 Å². The van der Waals surface area contributed by atoms with E-state index in [1.54, 1.807) is 6.92 Å². The van der Waals surface area contributed by atoms with Crippen LogP contribution >= 0.6 is 0 Å². The Morgan fingerprint density at radius 2 is 2.25 bits per heavy atom. The fourth-order valence-corrected chi connectivity index (χ4v) is 0.621. The molecular formula is C8H12FNO2. The average molecular weight is 173 g/mol. The highest BCUT2D eigenvalue weighted by atomic mass is 19.1. The van der Waals surface area contributed by atoms with Gasteiger partial charge < -0.3 is 4.74 Å². The number of carbonyl (C=O) groups excluding carboxylic acids is 1. The first-order valence-electron chi connectivity index (χ1n) is 3.52. The summed E-state index contributed by atoms with van der Waals surface area (Å²) in [4.78, 5) is 14.4. The first kappa shape index (κ1) is 10.8. The van der Waals surface area contributed by atoms with Gasteiger partial charge in [-0.3, -0.25) is 9.79 Å². The zero-order valence-electron chi connectivity index (χ0n) is 7.43. The number of hydrogen-bond acceptors (Lipinski definition) is 3. The lowest BCUT2D eigenvalue weighted by Crippen LogP contribution is -2.01. The molecule has 0 amide bonds. The Morgan fingerprint density at radius 1 is 1.67 bits per heavy atom. The van der Waals surface area contributed by atoms with Crippen molar-refractivity contribution < 1.29 is 13.9 Å². The molecule has 0 unspecified atom stereocenters. The molecule has 4 heteroatoms. The number of rotatable bonds is 3. The Balaban J connectivity index is 4.36. The molecular weight excluding hydrogens is 161 g/mol. The summed E-state index contributed by atoms with van der Waals surface area (Å²) in [6.45, 7) is 2.91. The number of methoxy groups -OCH3 is 1. The first-order valence-corrected chi connectivity index (χ1v) is 3.52. The van der Waals surface area contributed by atoms with E-state index in [9.17, 15) is 9.18 Å². The summed E-state index contributed by atoms with van der Waals surface area (Å²) in [7, 11) is 1.25. The number of nitrogens with zero attached hydrogens (tertiary/aromatic N) is 1. The smallest absolute Gasteiger partial charge is 0.311 e. The summed E-state index contributed by atoms with van der Waals surface area (Å²) in [6, 6.07) is 0. The number of esters is 1. The Hall–Kier alpha value is -1.19. The van der Waals surface area contributed by atoms with Crippen molar-refractivity contribution in [1.82, 2.24) is 0 Å². The molecule has 0 radical (unpaired) electrons. The minimum Gasteiger partial charge on any atom is -0.469 e. The second kappa shape index (κ2) is 5.46. The van der Waals surface area contributed by atoms with Crippen molar-refractivity contribution in [2.24, 2.45) is 4.99 Å². The summed E-state index contributed by atoms with van der Waals surface area (Å²) in [5.41, 5.74) is 0.115. The van der Waals surface area contributed by atoms with E-state index in [2.05, 4.69) is 9.73 Å². The first-order chi connectivity index (χ1) is 5.61. The van der Waals surface area contributed by atoms with Gasteiger partial charge in [-0.05, 0) is 13.8 Å². The van der Waals surface area contributed by atoms with Gasteiger partial charge in [-0.2, -0.15) is 0 Å². The number of ether oxygens (including phenoxy) is 1. The van der Waals surface area contributed by atoms with E-state index in [4.69, 9.17) is 0 Å². The molecule has 0 aromatic rings. The van der Waals surface area contributed by atoms with Crippen LogP contribution in [0.15, 0.2) is 16.5 Å². The van der Waals surface area contributed by atoms with Crippen LogP contribution in [0.1, 0.15) is 20.3 Å². The van der Waals surface area contributed by atoms with Crippen LogP contribution in [0.25, 0.3) is 0 Å². The molecule has 0 heterocycles. The maximum atomic E-state index is 12.6. The number of carbonyl (C=O) groups is 1. The molecule has 0 spiro atoms. The molecule has 0 aromatic carbocycles. The molecule has 0 aliphatic heterocycles. The van der Waals surface area contributed by atoms with Crippen molar-refractivity contribution >= 4 is 12.2 Å². The van der Waals surface area contributed by atoms with E-state index in [1.807, 2.05) is 0 Å². The van der Waals surface area contributed by atoms with Gasteiger partial charge in [-0.25, -0.2) is 4.39 Å². The molecule has 0 bridgehead atoms. The SMILES string of the molecule is CC=N/C(CC(=O)OC)=C(\C)F. The van der Waals surface area contributed by atoms with Crippen molar-refractivity contribution in [3.63, 3.8) is 0 Å². The molecule has 0 fully saturated rings. The van der Waals surface area contributed by atoms with Crippen molar-refractivity contribution in [2.45, 2.75) is 20.3 Å². The van der Waals surface area contributed by atoms with Crippen LogP contribution in [0, 0.1) is 0 Å². The molecule has 0 atom stereocenters. The molecule has 12 heavy (non-hydrogen) atoms. The predicted octanol–water partition coefficient (Wildman–Crippen LogP) is 1.84. The monoisotopic (exact) mass is 173 g/mol. The second-order valence-corrected chi connectivity index (χ2v) is 2.12. The summed E-state index contributed by atoms with van der Waals surface area (Å²) < 4.78 is 17.0. The second-order valence-electron chi connectivity index (χ2n) is 2.12. The number of aliphatic imine (C=N–C) groups is 1. The van der Waals surface area contributed by atoms with Gasteiger partial charge >= 0.3 is 5.97 Å². The number of halogens is 1. The highest BCUT2D eigenvalue weighted by Crippen LogP contribution is 2.11. The summed E-state index contributed by atoms with van der Waals surface area (Å²) in [5, 5.41) is 0. The topological polar surface area (TPSA) is 38.7 Å². The van der Waals surface area contributed by atoms with Crippen LogP contribution in [0.2, 0.25) is 0 Å². The third-order valence-electron chi connectivity index (χ3n) is 1.22. The fourth-order valence-electron chi connectivity index (χ4n) is 0.621. The van der Waals surface area contributed by atoms with Crippen molar-refractivity contribution in [1.29, 1.82) is 0 Å². The van der Waals surface area contributed by atoms with Gasteiger partial charge in [0.2, 0.25) is 0 Å². The lowest BCUT2D eigenvalue weighted by atomic mass is 10.3. The zero-order chi connectivity index (χ0) is 9.56. The van der Waals surface area contributed by atoms with Crippen LogP contribution in [0.3, 0.4) is 0 Å². The Kier molecular flexibility index (Phi) is 4.92. The molecule has 68 valence electrons. The summed E-state index contributed by atoms with van der Waals surface area (Å²) in [5.74, 6) is -0.953. The number of hydrogen-bond donors (Lipinski definition) is 0. The van der Waals surface area contributed by atoms with Gasteiger partial charge in [0.25, 0.3) is 0 Å². The van der Waals surface area contributed by atoms with Crippen molar-refractivity contribution in [2.75, 3.05) is 7.11 Å². The predicted molar refractivity (Wildman–Crippen MR) is 44.6 cm³/mol. The highest BCUT2D eigenvalue weighted by molar-refractivity contribution is 5.73. The fraction of sp³-hybridized carbons (Fsp3) is 0.500. The van der Waals surface area contributed by atoms with E-state index in [0.717, 1.165) is 0 Å². The molecule has 0 rings (SSSR count). The van der Waals surface area contributed by atoms with Crippen molar-refractivity contribution in [3.8, 4) is 0 Å². The number of allylic oxidation sites excluding steroid dienone is 1. The van der Waals surface area contributed by atoms with Gasteiger partial charge in [0, 0.05) is 6.21 Å². The normalized spacial score (nSPS) is 13.0. The van der Waals surface area contributed by atoms with Crippen LogP contribution in [-0.2, 0) is 9.53 Å². The van der Waals surface area contributed by atoms with Crippen molar-refractivity contribution in [3.05, 3.63) is 11.5 Å². The van der Waals surface area contributed by atoms with E-state index in [1.165, 1.54) is 20.2 Å². The van der Waals surface area contributed by atoms with E-state index in [-0.39, 0.29) is 12.1 Å². The van der Waals surface area contributed by atoms with Gasteiger partial charge in [-0.15, -0.1) is 0 Å². The highest BCUT2D eigenvalue weighted by Gasteiger charge is 2.07. The Bertz CT molecular complexity index is 217. The Labute approximate surface area is 70.9 Å². The maximum absolute atomic E-state index is 12.6. The standard InChI is InChI=1S/C8H12FNO2/c1-4-10-7(6(2)9)5-8(11)12-3/h4H,5H2,1-3H3/b7-6+,10-4?. The summed E-state index contributed by atoms with van der Waals surface area (Å²) in [6.07, 6.45) is 1.31. The quantitative estimate of drug-likeness (QED) is 0.482. The lowest BCUT2D eigenvalue weighted by Gasteiger charge is -1.99. The molecule has 0 N–H and O–H groups in total. The maximum Gasteiger partial charge on any atom is 0.311 e. The average Bonchev–Trinajstić information content (AvgIpc) is 2.03.